The summed E-state index contributed by atoms with van der Waals surface area (Å²) in [4.78, 5) is 2.35. The topological polar surface area (TPSA) is 23.5 Å². The van der Waals surface area contributed by atoms with Gasteiger partial charge in [0.05, 0.1) is 6.61 Å². The molecule has 0 aromatic carbocycles. The van der Waals surface area contributed by atoms with E-state index in [2.05, 4.69) is 18.7 Å². The van der Waals surface area contributed by atoms with E-state index in [0.717, 1.165) is 18.4 Å². The lowest BCUT2D eigenvalue weighted by atomic mass is 9.95. The Morgan fingerprint density at radius 3 is 2.38 bits per heavy atom. The molecule has 0 spiro atoms. The lowest BCUT2D eigenvalue weighted by Gasteiger charge is -2.16. The van der Waals surface area contributed by atoms with Crippen LogP contribution in [0.4, 0.5) is 0 Å². The lowest BCUT2D eigenvalue weighted by Crippen LogP contribution is -2.25. The van der Waals surface area contributed by atoms with Gasteiger partial charge in [-0.2, -0.15) is 0 Å². The van der Waals surface area contributed by atoms with Crippen LogP contribution in [0.3, 0.4) is 0 Å². The monoisotopic (exact) mass is 187 g/mol. The first-order valence-electron chi connectivity index (χ1n) is 5.57. The van der Waals surface area contributed by atoms with Crippen LogP contribution in [-0.2, 0) is 0 Å². The lowest BCUT2D eigenvalue weighted by molar-refractivity contribution is 0.213. The average Bonchev–Trinajstić information content (AvgIpc) is 2.57. The molecule has 1 aliphatic rings. The Kier molecular flexibility index (Phi) is 7.29. The molecule has 1 heterocycles. The maximum absolute atomic E-state index is 8.71. The molecule has 0 amide bonds. The number of β-amino-alcohol motifs (C(OH)–C–C–N with tert-alkyl or cyclic N) is 1. The molecule has 0 aromatic rings. The van der Waals surface area contributed by atoms with Gasteiger partial charge in [-0.25, -0.2) is 0 Å². The maximum atomic E-state index is 8.71. The third-order valence-electron chi connectivity index (χ3n) is 2.67. The molecule has 0 aliphatic carbocycles. The smallest absolute Gasteiger partial charge is 0.0558 e. The zero-order chi connectivity index (χ0) is 10.3. The number of likely N-dealkylation sites (tertiary alicyclic amines) is 1. The number of aliphatic hydroxyl groups excluding tert-OH is 1. The summed E-state index contributed by atoms with van der Waals surface area (Å²) < 4.78 is 0. The van der Waals surface area contributed by atoms with E-state index in [0.29, 0.717) is 6.61 Å². The van der Waals surface area contributed by atoms with Crippen molar-refractivity contribution in [1.82, 2.24) is 4.90 Å². The second-order valence-electron chi connectivity index (χ2n) is 3.82. The zero-order valence-electron chi connectivity index (χ0n) is 9.58. The highest BCUT2D eigenvalue weighted by atomic mass is 16.3. The largest absolute Gasteiger partial charge is 0.395 e. The van der Waals surface area contributed by atoms with Gasteiger partial charge in [0, 0.05) is 13.1 Å². The van der Waals surface area contributed by atoms with E-state index in [1.165, 1.54) is 19.5 Å². The summed E-state index contributed by atoms with van der Waals surface area (Å²) in [5, 5.41) is 8.71. The zero-order valence-corrected chi connectivity index (χ0v) is 9.58. The van der Waals surface area contributed by atoms with E-state index in [9.17, 15) is 0 Å². The van der Waals surface area contributed by atoms with Crippen molar-refractivity contribution < 1.29 is 5.11 Å². The first-order valence-corrected chi connectivity index (χ1v) is 5.57. The standard InChI is InChI=1S/C9H19NO.C2H6/c1-8(2)9-3-4-10(7-9)5-6-11;1-2/h8-9,11H,3-7H2,1-2H3;1-2H3. The molecule has 1 saturated heterocycles. The third-order valence-corrected chi connectivity index (χ3v) is 2.67. The molecule has 1 fully saturated rings. The van der Waals surface area contributed by atoms with Crippen LogP contribution in [0.1, 0.15) is 34.1 Å². The molecule has 0 bridgehead atoms. The first-order chi connectivity index (χ1) is 6.24. The van der Waals surface area contributed by atoms with Crippen LogP contribution >= 0.6 is 0 Å². The second-order valence-corrected chi connectivity index (χ2v) is 3.82. The summed E-state index contributed by atoms with van der Waals surface area (Å²) in [6, 6.07) is 0. The third kappa shape index (κ3) is 4.63. The van der Waals surface area contributed by atoms with Gasteiger partial charge in [0.1, 0.15) is 0 Å². The fraction of sp³-hybridized carbons (Fsp3) is 1.00. The number of nitrogens with zero attached hydrogens (tertiary/aromatic N) is 1. The predicted octanol–water partition coefficient (Wildman–Crippen LogP) is 1.98. The molecule has 0 saturated carbocycles. The summed E-state index contributed by atoms with van der Waals surface area (Å²) in [6.07, 6.45) is 1.32. The number of aliphatic hydroxyl groups is 1. The molecule has 1 unspecified atom stereocenters. The normalized spacial score (nSPS) is 23.1. The van der Waals surface area contributed by atoms with Crippen LogP contribution in [0, 0.1) is 11.8 Å². The van der Waals surface area contributed by atoms with Crippen LogP contribution in [0.2, 0.25) is 0 Å². The van der Waals surface area contributed by atoms with Gasteiger partial charge in [0.2, 0.25) is 0 Å². The van der Waals surface area contributed by atoms with Crippen molar-refractivity contribution >= 4 is 0 Å². The Morgan fingerprint density at radius 1 is 1.38 bits per heavy atom. The van der Waals surface area contributed by atoms with Crippen LogP contribution in [0.15, 0.2) is 0 Å². The van der Waals surface area contributed by atoms with Crippen molar-refractivity contribution in [3.8, 4) is 0 Å². The van der Waals surface area contributed by atoms with Crippen LogP contribution in [0.25, 0.3) is 0 Å². The first kappa shape index (κ1) is 12.9. The molecule has 0 aromatic heterocycles. The molecular weight excluding hydrogens is 162 g/mol. The predicted molar refractivity (Wildman–Crippen MR) is 57.8 cm³/mol. The van der Waals surface area contributed by atoms with Crippen molar-refractivity contribution in [2.45, 2.75) is 34.1 Å². The average molecular weight is 187 g/mol. The van der Waals surface area contributed by atoms with Crippen molar-refractivity contribution in [3.63, 3.8) is 0 Å². The van der Waals surface area contributed by atoms with Gasteiger partial charge in [-0.15, -0.1) is 0 Å². The highest BCUT2D eigenvalue weighted by Crippen LogP contribution is 2.22. The van der Waals surface area contributed by atoms with E-state index < -0.39 is 0 Å². The van der Waals surface area contributed by atoms with Crippen LogP contribution in [0.5, 0.6) is 0 Å². The molecule has 2 heteroatoms. The molecule has 1 atom stereocenters. The fourth-order valence-corrected chi connectivity index (χ4v) is 1.75. The highest BCUT2D eigenvalue weighted by molar-refractivity contribution is 4.76. The highest BCUT2D eigenvalue weighted by Gasteiger charge is 2.23. The summed E-state index contributed by atoms with van der Waals surface area (Å²) >= 11 is 0. The molecule has 0 radical (unpaired) electrons. The number of hydrogen-bond donors (Lipinski definition) is 1. The number of rotatable bonds is 3. The summed E-state index contributed by atoms with van der Waals surface area (Å²) in [5.41, 5.74) is 0. The number of hydrogen-bond acceptors (Lipinski definition) is 2. The van der Waals surface area contributed by atoms with Gasteiger partial charge in [-0.1, -0.05) is 27.7 Å². The van der Waals surface area contributed by atoms with Crippen LogP contribution < -0.4 is 0 Å². The Labute approximate surface area is 82.9 Å². The Bertz CT molecular complexity index is 115. The van der Waals surface area contributed by atoms with E-state index in [1.807, 2.05) is 13.8 Å². The minimum Gasteiger partial charge on any atom is -0.395 e. The van der Waals surface area contributed by atoms with Crippen molar-refractivity contribution in [1.29, 1.82) is 0 Å². The molecule has 1 N–H and O–H groups in total. The van der Waals surface area contributed by atoms with Gasteiger partial charge in [0.25, 0.3) is 0 Å². The fourth-order valence-electron chi connectivity index (χ4n) is 1.75. The van der Waals surface area contributed by atoms with Gasteiger partial charge in [0.15, 0.2) is 0 Å². The van der Waals surface area contributed by atoms with Crippen molar-refractivity contribution in [2.75, 3.05) is 26.2 Å². The van der Waals surface area contributed by atoms with Crippen molar-refractivity contribution in [2.24, 2.45) is 11.8 Å². The minimum absolute atomic E-state index is 0.310. The second kappa shape index (κ2) is 7.34. The van der Waals surface area contributed by atoms with E-state index in [1.54, 1.807) is 0 Å². The van der Waals surface area contributed by atoms with Gasteiger partial charge in [-0.05, 0) is 24.8 Å². The maximum Gasteiger partial charge on any atom is 0.0558 e. The van der Waals surface area contributed by atoms with Gasteiger partial charge in [-0.3, -0.25) is 0 Å². The van der Waals surface area contributed by atoms with Gasteiger partial charge < -0.3 is 10.0 Å². The Morgan fingerprint density at radius 2 is 2.00 bits per heavy atom. The van der Waals surface area contributed by atoms with Crippen LogP contribution in [-0.4, -0.2) is 36.2 Å². The molecule has 13 heavy (non-hydrogen) atoms. The van der Waals surface area contributed by atoms with Gasteiger partial charge >= 0.3 is 0 Å². The summed E-state index contributed by atoms with van der Waals surface area (Å²) in [7, 11) is 0. The molecule has 2 nitrogen and oxygen atoms in total. The van der Waals surface area contributed by atoms with E-state index in [-0.39, 0.29) is 0 Å². The molecular formula is C11H25NO. The quantitative estimate of drug-likeness (QED) is 0.730. The SMILES string of the molecule is CC.CC(C)C1CCN(CCO)C1. The Hall–Kier alpha value is -0.0800. The van der Waals surface area contributed by atoms with E-state index in [4.69, 9.17) is 5.11 Å². The molecule has 1 rings (SSSR count). The molecule has 1 aliphatic heterocycles. The Balaban J connectivity index is 0.000000671. The van der Waals surface area contributed by atoms with E-state index >= 15 is 0 Å². The van der Waals surface area contributed by atoms with Crippen molar-refractivity contribution in [3.05, 3.63) is 0 Å². The molecule has 80 valence electrons. The summed E-state index contributed by atoms with van der Waals surface area (Å²) in [5.74, 6) is 1.67. The summed E-state index contributed by atoms with van der Waals surface area (Å²) in [6.45, 7) is 12.1. The minimum atomic E-state index is 0.310.